The van der Waals surface area contributed by atoms with E-state index in [1.807, 2.05) is 6.07 Å². The summed E-state index contributed by atoms with van der Waals surface area (Å²) in [5.41, 5.74) is -0.0256. The molecule has 0 saturated carbocycles. The van der Waals surface area contributed by atoms with Crippen molar-refractivity contribution in [3.8, 4) is 23.0 Å². The summed E-state index contributed by atoms with van der Waals surface area (Å²) in [7, 11) is -3.84. The maximum absolute atomic E-state index is 14.3. The summed E-state index contributed by atoms with van der Waals surface area (Å²) >= 11 is 0. The molecule has 0 aliphatic carbocycles. The number of halogens is 4. The number of hydrogen-bond acceptors (Lipinski definition) is 4. The fourth-order valence-corrected chi connectivity index (χ4v) is 3.52. The second kappa shape index (κ2) is 7.00. The normalized spacial score (nSPS) is 12.0. The van der Waals surface area contributed by atoms with Crippen LogP contribution < -0.4 is 0 Å². The molecule has 1 aromatic heterocycles. The molecule has 0 aliphatic heterocycles. The molecular formula is C19H13F4N3O2S. The molecule has 0 N–H and O–H groups in total. The lowest BCUT2D eigenvalue weighted by Crippen LogP contribution is -2.08. The SMILES string of the molecule is Cc1cc(-c2cc(C(F)(F)F)nn2-c2ccc(S(C)(=O)=O)c(F)c2)ccc1C#N. The zero-order chi connectivity index (χ0) is 21.6. The summed E-state index contributed by atoms with van der Waals surface area (Å²) < 4.78 is 78.1. The van der Waals surface area contributed by atoms with Gasteiger partial charge in [-0.2, -0.15) is 23.5 Å². The van der Waals surface area contributed by atoms with Gasteiger partial charge in [0.2, 0.25) is 0 Å². The average Bonchev–Trinajstić information content (AvgIpc) is 3.06. The molecule has 5 nitrogen and oxygen atoms in total. The van der Waals surface area contributed by atoms with Crippen LogP contribution in [0.1, 0.15) is 16.8 Å². The summed E-state index contributed by atoms with van der Waals surface area (Å²) in [5, 5.41) is 12.6. The standard InChI is InChI=1S/C19H13F4N3O2S/c1-11-7-12(3-4-13(11)10-24)16-9-18(19(21,22)23)25-26(16)14-5-6-17(15(20)8-14)29(2,27)28/h3-9H,1-2H3. The first-order valence-electron chi connectivity index (χ1n) is 8.10. The molecule has 10 heteroatoms. The first-order chi connectivity index (χ1) is 13.4. The molecule has 0 fully saturated rings. The van der Waals surface area contributed by atoms with Gasteiger partial charge in [-0.25, -0.2) is 17.5 Å². The molecule has 0 aliphatic rings. The quantitative estimate of drug-likeness (QED) is 0.590. The largest absolute Gasteiger partial charge is 0.435 e. The molecule has 2 aromatic carbocycles. The summed E-state index contributed by atoms with van der Waals surface area (Å²) in [6.45, 7) is 1.63. The molecule has 29 heavy (non-hydrogen) atoms. The van der Waals surface area contributed by atoms with Crippen LogP contribution in [0.15, 0.2) is 47.4 Å². The van der Waals surface area contributed by atoms with Crippen molar-refractivity contribution < 1.29 is 26.0 Å². The van der Waals surface area contributed by atoms with E-state index in [9.17, 15) is 26.0 Å². The third kappa shape index (κ3) is 4.00. The second-order valence-corrected chi connectivity index (χ2v) is 8.34. The van der Waals surface area contributed by atoms with Gasteiger partial charge in [-0.3, -0.25) is 0 Å². The minimum absolute atomic E-state index is 0.0106. The van der Waals surface area contributed by atoms with Gasteiger partial charge < -0.3 is 0 Å². The van der Waals surface area contributed by atoms with E-state index in [0.717, 1.165) is 29.1 Å². The summed E-state index contributed by atoms with van der Waals surface area (Å²) in [4.78, 5) is -0.569. The third-order valence-electron chi connectivity index (χ3n) is 4.20. The zero-order valence-corrected chi connectivity index (χ0v) is 15.9. The minimum Gasteiger partial charge on any atom is -0.232 e. The predicted octanol–water partition coefficient (Wildman–Crippen LogP) is 4.28. The molecule has 3 rings (SSSR count). The van der Waals surface area contributed by atoms with Gasteiger partial charge in [0.1, 0.15) is 10.7 Å². The highest BCUT2D eigenvalue weighted by molar-refractivity contribution is 7.90. The number of aryl methyl sites for hydroxylation is 1. The van der Waals surface area contributed by atoms with Gasteiger partial charge in [-0.1, -0.05) is 6.07 Å². The molecule has 0 amide bonds. The van der Waals surface area contributed by atoms with Crippen LogP contribution in [0, 0.1) is 24.1 Å². The number of sulfone groups is 1. The topological polar surface area (TPSA) is 75.8 Å². The molecule has 1 heterocycles. The van der Waals surface area contributed by atoms with E-state index in [2.05, 4.69) is 5.10 Å². The van der Waals surface area contributed by atoms with Gasteiger partial charge in [-0.15, -0.1) is 0 Å². The Morgan fingerprint density at radius 1 is 1.10 bits per heavy atom. The molecule has 0 bridgehead atoms. The smallest absolute Gasteiger partial charge is 0.232 e. The first kappa shape index (κ1) is 20.5. The maximum atomic E-state index is 14.3. The lowest BCUT2D eigenvalue weighted by molar-refractivity contribution is -0.141. The molecule has 0 atom stereocenters. The maximum Gasteiger partial charge on any atom is 0.435 e. The van der Waals surface area contributed by atoms with E-state index in [1.54, 1.807) is 6.92 Å². The average molecular weight is 423 g/mol. The van der Waals surface area contributed by atoms with Crippen LogP contribution in [0.3, 0.4) is 0 Å². The van der Waals surface area contributed by atoms with Crippen molar-refractivity contribution in [1.82, 2.24) is 9.78 Å². The van der Waals surface area contributed by atoms with Crippen molar-refractivity contribution >= 4 is 9.84 Å². The lowest BCUT2D eigenvalue weighted by atomic mass is 10.0. The Morgan fingerprint density at radius 3 is 2.31 bits per heavy atom. The van der Waals surface area contributed by atoms with Crippen LogP contribution in [-0.4, -0.2) is 24.5 Å². The number of nitrogens with zero attached hydrogens (tertiary/aromatic N) is 3. The first-order valence-corrected chi connectivity index (χ1v) is 9.99. The van der Waals surface area contributed by atoms with Crippen molar-refractivity contribution in [3.05, 3.63) is 65.1 Å². The number of alkyl halides is 3. The van der Waals surface area contributed by atoms with E-state index in [4.69, 9.17) is 5.26 Å². The van der Waals surface area contributed by atoms with Crippen molar-refractivity contribution in [2.45, 2.75) is 18.0 Å². The molecular weight excluding hydrogens is 410 g/mol. The van der Waals surface area contributed by atoms with Gasteiger partial charge in [0.05, 0.1) is 23.0 Å². The summed E-state index contributed by atoms with van der Waals surface area (Å²) in [6, 6.07) is 10.2. The molecule has 0 saturated heterocycles. The molecule has 3 aromatic rings. The number of aromatic nitrogens is 2. The van der Waals surface area contributed by atoms with Crippen molar-refractivity contribution in [3.63, 3.8) is 0 Å². The third-order valence-corrected chi connectivity index (χ3v) is 5.33. The number of hydrogen-bond donors (Lipinski definition) is 0. The number of rotatable bonds is 3. The highest BCUT2D eigenvalue weighted by atomic mass is 32.2. The molecule has 150 valence electrons. The highest BCUT2D eigenvalue weighted by Crippen LogP contribution is 2.34. The fourth-order valence-electron chi connectivity index (χ4n) is 2.79. The van der Waals surface area contributed by atoms with Gasteiger partial charge in [-0.05, 0) is 42.8 Å². The molecule has 0 spiro atoms. The van der Waals surface area contributed by atoms with E-state index < -0.39 is 32.4 Å². The Morgan fingerprint density at radius 2 is 1.79 bits per heavy atom. The van der Waals surface area contributed by atoms with Crippen LogP contribution >= 0.6 is 0 Å². The zero-order valence-electron chi connectivity index (χ0n) is 15.1. The minimum atomic E-state index is -4.74. The monoisotopic (exact) mass is 423 g/mol. The molecule has 0 radical (unpaired) electrons. The molecule has 0 unspecified atom stereocenters. The summed E-state index contributed by atoms with van der Waals surface area (Å²) in [5.74, 6) is -1.10. The Hall–Kier alpha value is -3.19. The van der Waals surface area contributed by atoms with Crippen LogP contribution in [0.5, 0.6) is 0 Å². The van der Waals surface area contributed by atoms with Crippen LogP contribution in [0.2, 0.25) is 0 Å². The van der Waals surface area contributed by atoms with Gasteiger partial charge in [0.15, 0.2) is 15.5 Å². The number of benzene rings is 2. The second-order valence-electron chi connectivity index (χ2n) is 6.35. The van der Waals surface area contributed by atoms with Crippen LogP contribution in [0.25, 0.3) is 16.9 Å². The van der Waals surface area contributed by atoms with Gasteiger partial charge in [0.25, 0.3) is 0 Å². The van der Waals surface area contributed by atoms with Crippen LogP contribution in [-0.2, 0) is 16.0 Å². The Balaban J connectivity index is 2.24. The van der Waals surface area contributed by atoms with E-state index in [1.165, 1.54) is 24.3 Å². The number of nitriles is 1. The Kier molecular flexibility index (Phi) is 4.96. The predicted molar refractivity (Wildman–Crippen MR) is 96.5 cm³/mol. The highest BCUT2D eigenvalue weighted by Gasteiger charge is 2.35. The van der Waals surface area contributed by atoms with Crippen molar-refractivity contribution in [2.75, 3.05) is 6.26 Å². The van der Waals surface area contributed by atoms with E-state index in [-0.39, 0.29) is 11.4 Å². The van der Waals surface area contributed by atoms with E-state index >= 15 is 0 Å². The summed E-state index contributed by atoms with van der Waals surface area (Å²) in [6.07, 6.45) is -3.92. The Bertz CT molecular complexity index is 1260. The van der Waals surface area contributed by atoms with Crippen molar-refractivity contribution in [2.24, 2.45) is 0 Å². The van der Waals surface area contributed by atoms with Gasteiger partial charge in [0, 0.05) is 17.9 Å². The lowest BCUT2D eigenvalue weighted by Gasteiger charge is -2.10. The van der Waals surface area contributed by atoms with E-state index in [0.29, 0.717) is 16.7 Å². The van der Waals surface area contributed by atoms with Crippen LogP contribution in [0.4, 0.5) is 17.6 Å². The van der Waals surface area contributed by atoms with Gasteiger partial charge >= 0.3 is 6.18 Å². The Labute approximate surface area is 163 Å². The van der Waals surface area contributed by atoms with Crippen molar-refractivity contribution in [1.29, 1.82) is 5.26 Å². The fraction of sp³-hybridized carbons (Fsp3) is 0.158.